The summed E-state index contributed by atoms with van der Waals surface area (Å²) in [5.41, 5.74) is 1.37. The summed E-state index contributed by atoms with van der Waals surface area (Å²) in [7, 11) is 1.69. The molecule has 0 saturated heterocycles. The Labute approximate surface area is 194 Å². The van der Waals surface area contributed by atoms with Crippen LogP contribution >= 0.6 is 0 Å². The zero-order valence-electron chi connectivity index (χ0n) is 18.7. The van der Waals surface area contributed by atoms with E-state index in [0.717, 1.165) is 6.08 Å². The summed E-state index contributed by atoms with van der Waals surface area (Å²) in [6.45, 7) is 0.142. The van der Waals surface area contributed by atoms with Gasteiger partial charge in [-0.2, -0.15) is 8.78 Å². The molecule has 3 rings (SSSR count). The van der Waals surface area contributed by atoms with Gasteiger partial charge in [0.05, 0.1) is 11.4 Å². The molecule has 0 bridgehead atoms. The molecule has 10 heteroatoms. The number of carbonyl (C=O) groups is 2. The lowest BCUT2D eigenvalue weighted by molar-refractivity contribution is -0.148. The van der Waals surface area contributed by atoms with Gasteiger partial charge in [-0.05, 0) is 49.8 Å². The summed E-state index contributed by atoms with van der Waals surface area (Å²) >= 11 is 0. The molecule has 0 radical (unpaired) electrons. The Morgan fingerprint density at radius 1 is 1.06 bits per heavy atom. The van der Waals surface area contributed by atoms with Crippen LogP contribution in [0.2, 0.25) is 0 Å². The number of halogens is 2. The zero-order chi connectivity index (χ0) is 24.8. The third-order valence-electron chi connectivity index (χ3n) is 4.98. The lowest BCUT2D eigenvalue weighted by Gasteiger charge is -2.11. The van der Waals surface area contributed by atoms with E-state index in [2.05, 4.69) is 10.1 Å². The molecule has 0 spiro atoms. The minimum absolute atomic E-state index is 0.0115. The van der Waals surface area contributed by atoms with Crippen molar-refractivity contribution in [3.63, 3.8) is 0 Å². The van der Waals surface area contributed by atoms with Gasteiger partial charge in [-0.1, -0.05) is 30.3 Å². The third kappa shape index (κ3) is 5.77. The van der Waals surface area contributed by atoms with Crippen molar-refractivity contribution in [1.82, 2.24) is 9.36 Å². The molecule has 1 amide bonds. The normalized spacial score (nSPS) is 12.1. The second-order valence-electron chi connectivity index (χ2n) is 7.29. The largest absolute Gasteiger partial charge is 0.449 e. The van der Waals surface area contributed by atoms with E-state index in [1.54, 1.807) is 42.9 Å². The van der Waals surface area contributed by atoms with E-state index in [1.165, 1.54) is 41.9 Å². The molecule has 1 aromatic heterocycles. The molecular weight excluding hydrogens is 448 g/mol. The number of nitrogens with one attached hydrogen (secondary N) is 1. The first-order valence-electron chi connectivity index (χ1n) is 10.3. The molecule has 1 atom stereocenters. The van der Waals surface area contributed by atoms with E-state index in [9.17, 15) is 23.2 Å². The first kappa shape index (κ1) is 24.4. The van der Waals surface area contributed by atoms with E-state index >= 15 is 0 Å². The standard InChI is InChI=1S/C24H23F2N3O5/c1-15-21(23(32)29(28(15)3)18-7-5-4-6-8-18)27-22(31)16(2)33-20(30)14-11-17-9-12-19(13-10-17)34-24(25)26/h4-14,16,24H,1-3H3,(H,27,31)/b14-11-/t16-/m0/s1. The van der Waals surface area contributed by atoms with Crippen molar-refractivity contribution in [3.8, 4) is 11.4 Å². The monoisotopic (exact) mass is 471 g/mol. The number of nitrogens with zero attached hydrogens (tertiary/aromatic N) is 2. The Bertz CT molecular complexity index is 1250. The van der Waals surface area contributed by atoms with Gasteiger partial charge in [0, 0.05) is 13.1 Å². The van der Waals surface area contributed by atoms with Gasteiger partial charge in [-0.3, -0.25) is 14.3 Å². The Morgan fingerprint density at radius 3 is 2.32 bits per heavy atom. The molecule has 34 heavy (non-hydrogen) atoms. The molecule has 0 aliphatic rings. The lowest BCUT2D eigenvalue weighted by atomic mass is 10.2. The minimum Gasteiger partial charge on any atom is -0.449 e. The average Bonchev–Trinajstić information content (AvgIpc) is 3.01. The number of carbonyl (C=O) groups excluding carboxylic acids is 2. The molecule has 178 valence electrons. The van der Waals surface area contributed by atoms with Crippen molar-refractivity contribution in [3.05, 3.63) is 82.3 Å². The van der Waals surface area contributed by atoms with Crippen LogP contribution in [0, 0.1) is 6.92 Å². The Hall–Kier alpha value is -4.21. The van der Waals surface area contributed by atoms with Crippen LogP contribution in [0.25, 0.3) is 11.8 Å². The number of hydrogen-bond acceptors (Lipinski definition) is 5. The van der Waals surface area contributed by atoms with Crippen molar-refractivity contribution in [2.75, 3.05) is 5.32 Å². The number of aromatic nitrogens is 2. The summed E-state index contributed by atoms with van der Waals surface area (Å²) in [5, 5.41) is 2.54. The first-order chi connectivity index (χ1) is 16.2. The summed E-state index contributed by atoms with van der Waals surface area (Å²) in [5.74, 6) is -1.47. The lowest BCUT2D eigenvalue weighted by Crippen LogP contribution is -2.31. The van der Waals surface area contributed by atoms with Crippen molar-refractivity contribution in [1.29, 1.82) is 0 Å². The maximum absolute atomic E-state index is 12.9. The molecule has 1 heterocycles. The fourth-order valence-corrected chi connectivity index (χ4v) is 3.13. The SMILES string of the molecule is Cc1c(NC(=O)[C@H](C)OC(=O)/C=C\c2ccc(OC(F)F)cc2)c(=O)n(-c2ccccc2)n1C. The van der Waals surface area contributed by atoms with Gasteiger partial charge in [0.1, 0.15) is 11.4 Å². The molecule has 0 saturated carbocycles. The molecule has 0 aliphatic carbocycles. The molecular formula is C24H23F2N3O5. The van der Waals surface area contributed by atoms with Gasteiger partial charge in [-0.15, -0.1) is 0 Å². The Morgan fingerprint density at radius 2 is 1.71 bits per heavy atom. The highest BCUT2D eigenvalue weighted by atomic mass is 19.3. The molecule has 3 aromatic rings. The van der Waals surface area contributed by atoms with E-state index < -0.39 is 30.2 Å². The summed E-state index contributed by atoms with van der Waals surface area (Å²) < 4.78 is 36.8. The van der Waals surface area contributed by atoms with Crippen LogP contribution in [0.4, 0.5) is 14.5 Å². The second kappa shape index (κ2) is 10.6. The van der Waals surface area contributed by atoms with Gasteiger partial charge in [0.2, 0.25) is 0 Å². The fraction of sp³-hybridized carbons (Fsp3) is 0.208. The summed E-state index contributed by atoms with van der Waals surface area (Å²) in [6.07, 6.45) is 1.32. The van der Waals surface area contributed by atoms with Crippen LogP contribution in [-0.2, 0) is 21.4 Å². The van der Waals surface area contributed by atoms with Crippen LogP contribution in [0.1, 0.15) is 18.2 Å². The number of hydrogen-bond donors (Lipinski definition) is 1. The van der Waals surface area contributed by atoms with E-state index in [0.29, 0.717) is 16.9 Å². The summed E-state index contributed by atoms with van der Waals surface area (Å²) in [6, 6.07) is 14.6. The van der Waals surface area contributed by atoms with Gasteiger partial charge >= 0.3 is 12.6 Å². The average molecular weight is 471 g/mol. The Kier molecular flexibility index (Phi) is 7.62. The number of ether oxygens (including phenoxy) is 2. The van der Waals surface area contributed by atoms with Crippen LogP contribution in [0.5, 0.6) is 5.75 Å². The summed E-state index contributed by atoms with van der Waals surface area (Å²) in [4.78, 5) is 37.5. The topological polar surface area (TPSA) is 91.6 Å². The highest BCUT2D eigenvalue weighted by Gasteiger charge is 2.22. The van der Waals surface area contributed by atoms with Crippen LogP contribution in [0.15, 0.2) is 65.5 Å². The van der Waals surface area contributed by atoms with Gasteiger partial charge in [0.15, 0.2) is 6.10 Å². The Balaban J connectivity index is 1.63. The minimum atomic E-state index is -2.93. The molecule has 1 N–H and O–H groups in total. The number of rotatable bonds is 8. The number of benzene rings is 2. The van der Waals surface area contributed by atoms with Gasteiger partial charge < -0.3 is 14.8 Å². The number of para-hydroxylation sites is 1. The maximum Gasteiger partial charge on any atom is 0.387 e. The molecule has 0 aliphatic heterocycles. The second-order valence-corrected chi connectivity index (χ2v) is 7.29. The van der Waals surface area contributed by atoms with Gasteiger partial charge in [-0.25, -0.2) is 9.48 Å². The van der Waals surface area contributed by atoms with E-state index in [1.807, 2.05) is 6.07 Å². The van der Waals surface area contributed by atoms with E-state index in [4.69, 9.17) is 4.74 Å². The number of esters is 1. The highest BCUT2D eigenvalue weighted by molar-refractivity contribution is 5.97. The zero-order valence-corrected chi connectivity index (χ0v) is 18.7. The molecule has 0 fully saturated rings. The van der Waals surface area contributed by atoms with Crippen molar-refractivity contribution < 1.29 is 27.8 Å². The van der Waals surface area contributed by atoms with Crippen molar-refractivity contribution in [2.24, 2.45) is 7.05 Å². The number of alkyl halides is 2. The van der Waals surface area contributed by atoms with Crippen molar-refractivity contribution in [2.45, 2.75) is 26.6 Å². The number of anilines is 1. The highest BCUT2D eigenvalue weighted by Crippen LogP contribution is 2.16. The molecule has 8 nitrogen and oxygen atoms in total. The van der Waals surface area contributed by atoms with Gasteiger partial charge in [0.25, 0.3) is 11.5 Å². The van der Waals surface area contributed by atoms with Crippen LogP contribution in [0.3, 0.4) is 0 Å². The van der Waals surface area contributed by atoms with Crippen LogP contribution < -0.4 is 15.6 Å². The fourth-order valence-electron chi connectivity index (χ4n) is 3.13. The molecule has 2 aromatic carbocycles. The molecule has 0 unspecified atom stereocenters. The number of amides is 1. The predicted molar refractivity (Wildman–Crippen MR) is 122 cm³/mol. The van der Waals surface area contributed by atoms with Crippen LogP contribution in [-0.4, -0.2) is 34.0 Å². The van der Waals surface area contributed by atoms with E-state index in [-0.39, 0.29) is 11.4 Å². The van der Waals surface area contributed by atoms with Crippen molar-refractivity contribution >= 4 is 23.6 Å². The maximum atomic E-state index is 12.9. The first-order valence-corrected chi connectivity index (χ1v) is 10.3. The quantitative estimate of drug-likeness (QED) is 0.400. The predicted octanol–water partition coefficient (Wildman–Crippen LogP) is 3.67. The smallest absolute Gasteiger partial charge is 0.387 e. The third-order valence-corrected chi connectivity index (χ3v) is 4.98.